The molecule has 1 aliphatic carbocycles. The summed E-state index contributed by atoms with van der Waals surface area (Å²) in [5.74, 6) is 2.16. The van der Waals surface area contributed by atoms with Crippen LogP contribution >= 0.6 is 0 Å². The van der Waals surface area contributed by atoms with Gasteiger partial charge in [0.05, 0.1) is 13.2 Å². The number of ether oxygens (including phenoxy) is 1. The fraction of sp³-hybridized carbons (Fsp3) is 0.857. The summed E-state index contributed by atoms with van der Waals surface area (Å²) in [6.07, 6.45) is 2.42. The molecule has 2 heterocycles. The van der Waals surface area contributed by atoms with Gasteiger partial charge in [0.15, 0.2) is 0 Å². The number of nitrogens with zero attached hydrogens (tertiary/aromatic N) is 4. The number of aromatic nitrogens is 2. The summed E-state index contributed by atoms with van der Waals surface area (Å²) < 4.78 is 11.1. The van der Waals surface area contributed by atoms with Gasteiger partial charge in [-0.3, -0.25) is 9.80 Å². The summed E-state index contributed by atoms with van der Waals surface area (Å²) >= 11 is 0. The minimum Gasteiger partial charge on any atom is -0.424 e. The zero-order chi connectivity index (χ0) is 13.8. The Balaban J connectivity index is 1.39. The van der Waals surface area contributed by atoms with Crippen molar-refractivity contribution in [1.29, 1.82) is 0 Å². The second-order valence-corrected chi connectivity index (χ2v) is 5.62. The van der Waals surface area contributed by atoms with E-state index in [1.54, 1.807) is 0 Å². The molecular weight excluding hydrogens is 256 g/mol. The van der Waals surface area contributed by atoms with Crippen LogP contribution in [-0.2, 0) is 11.3 Å². The van der Waals surface area contributed by atoms with E-state index in [1.165, 1.54) is 12.8 Å². The Morgan fingerprint density at radius 1 is 1.15 bits per heavy atom. The van der Waals surface area contributed by atoms with Crippen LogP contribution in [0.15, 0.2) is 4.42 Å². The molecular formula is C14H24N4O2. The fourth-order valence-electron chi connectivity index (χ4n) is 2.53. The summed E-state index contributed by atoms with van der Waals surface area (Å²) in [7, 11) is 0. The molecule has 0 atom stereocenters. The molecule has 0 radical (unpaired) electrons. The SMILES string of the molecule is CCOCCN1CCN(Cc2nnc(C3CC3)o2)CC1. The highest BCUT2D eigenvalue weighted by Gasteiger charge is 2.29. The predicted molar refractivity (Wildman–Crippen MR) is 74.5 cm³/mol. The highest BCUT2D eigenvalue weighted by Crippen LogP contribution is 2.39. The second-order valence-electron chi connectivity index (χ2n) is 5.62. The first-order chi connectivity index (χ1) is 9.85. The molecule has 2 aliphatic rings. The van der Waals surface area contributed by atoms with E-state index >= 15 is 0 Å². The Morgan fingerprint density at radius 2 is 1.90 bits per heavy atom. The quantitative estimate of drug-likeness (QED) is 0.697. The second kappa shape index (κ2) is 6.65. The lowest BCUT2D eigenvalue weighted by atomic mass is 10.3. The minimum atomic E-state index is 0.548. The molecule has 1 aliphatic heterocycles. The molecule has 1 saturated carbocycles. The molecule has 0 spiro atoms. The standard InChI is InChI=1S/C14H24N4O2/c1-2-19-10-9-17-5-7-18(8-6-17)11-13-15-16-14(20-13)12-3-4-12/h12H,2-11H2,1H3. The van der Waals surface area contributed by atoms with Crippen LogP contribution in [0.3, 0.4) is 0 Å². The van der Waals surface area contributed by atoms with Crippen molar-refractivity contribution >= 4 is 0 Å². The Morgan fingerprint density at radius 3 is 2.60 bits per heavy atom. The van der Waals surface area contributed by atoms with Crippen molar-refractivity contribution in [1.82, 2.24) is 20.0 Å². The van der Waals surface area contributed by atoms with Gasteiger partial charge in [0.25, 0.3) is 0 Å². The molecule has 0 aromatic carbocycles. The van der Waals surface area contributed by atoms with E-state index in [2.05, 4.69) is 20.0 Å². The number of hydrogen-bond donors (Lipinski definition) is 0. The van der Waals surface area contributed by atoms with Crippen molar-refractivity contribution in [3.63, 3.8) is 0 Å². The van der Waals surface area contributed by atoms with Gasteiger partial charge < -0.3 is 9.15 Å². The zero-order valence-electron chi connectivity index (χ0n) is 12.3. The number of rotatable bonds is 7. The van der Waals surface area contributed by atoms with Crippen LogP contribution in [0.25, 0.3) is 0 Å². The van der Waals surface area contributed by atoms with Crippen molar-refractivity contribution < 1.29 is 9.15 Å². The molecule has 0 bridgehead atoms. The topological polar surface area (TPSA) is 54.6 Å². The number of piperazine rings is 1. The van der Waals surface area contributed by atoms with Gasteiger partial charge in [-0.25, -0.2) is 0 Å². The lowest BCUT2D eigenvalue weighted by molar-refractivity contribution is 0.0755. The van der Waals surface area contributed by atoms with E-state index < -0.39 is 0 Å². The lowest BCUT2D eigenvalue weighted by Gasteiger charge is -2.33. The predicted octanol–water partition coefficient (Wildman–Crippen LogP) is 1.10. The average Bonchev–Trinajstić information content (AvgIpc) is 3.22. The fourth-order valence-corrected chi connectivity index (χ4v) is 2.53. The average molecular weight is 280 g/mol. The molecule has 1 aromatic rings. The molecule has 6 heteroatoms. The normalized spacial score (nSPS) is 21.4. The Labute approximate surface area is 120 Å². The van der Waals surface area contributed by atoms with E-state index in [1.807, 2.05) is 6.92 Å². The maximum atomic E-state index is 5.72. The molecule has 0 unspecified atom stereocenters. The van der Waals surface area contributed by atoms with Crippen molar-refractivity contribution in [2.24, 2.45) is 0 Å². The molecule has 6 nitrogen and oxygen atoms in total. The first-order valence-electron chi connectivity index (χ1n) is 7.70. The van der Waals surface area contributed by atoms with Crippen LogP contribution in [0.5, 0.6) is 0 Å². The maximum absolute atomic E-state index is 5.72. The molecule has 0 N–H and O–H groups in total. The van der Waals surface area contributed by atoms with Gasteiger partial charge in [0, 0.05) is 45.2 Å². The zero-order valence-corrected chi connectivity index (χ0v) is 12.3. The summed E-state index contributed by atoms with van der Waals surface area (Å²) in [6.45, 7) is 9.82. The summed E-state index contributed by atoms with van der Waals surface area (Å²) in [5, 5.41) is 8.30. The van der Waals surface area contributed by atoms with E-state index in [9.17, 15) is 0 Å². The molecule has 20 heavy (non-hydrogen) atoms. The van der Waals surface area contributed by atoms with E-state index in [0.29, 0.717) is 5.92 Å². The van der Waals surface area contributed by atoms with Crippen molar-refractivity contribution in [2.45, 2.75) is 32.2 Å². The molecule has 2 fully saturated rings. The number of hydrogen-bond acceptors (Lipinski definition) is 6. The molecule has 0 amide bonds. The van der Waals surface area contributed by atoms with Crippen LogP contribution in [0.4, 0.5) is 0 Å². The molecule has 1 aromatic heterocycles. The van der Waals surface area contributed by atoms with Crippen LogP contribution in [0.2, 0.25) is 0 Å². The van der Waals surface area contributed by atoms with Gasteiger partial charge in [-0.05, 0) is 19.8 Å². The first-order valence-corrected chi connectivity index (χ1v) is 7.70. The van der Waals surface area contributed by atoms with Crippen LogP contribution < -0.4 is 0 Å². The Kier molecular flexibility index (Phi) is 4.65. The van der Waals surface area contributed by atoms with Gasteiger partial charge in [0.1, 0.15) is 0 Å². The molecule has 3 rings (SSSR count). The van der Waals surface area contributed by atoms with Gasteiger partial charge >= 0.3 is 0 Å². The van der Waals surface area contributed by atoms with Crippen LogP contribution in [0.1, 0.15) is 37.5 Å². The largest absolute Gasteiger partial charge is 0.424 e. The van der Waals surface area contributed by atoms with E-state index in [4.69, 9.17) is 9.15 Å². The van der Waals surface area contributed by atoms with Gasteiger partial charge in [-0.15, -0.1) is 10.2 Å². The third-order valence-corrected chi connectivity index (χ3v) is 3.99. The monoisotopic (exact) mass is 280 g/mol. The van der Waals surface area contributed by atoms with Gasteiger partial charge in [-0.1, -0.05) is 0 Å². The van der Waals surface area contributed by atoms with E-state index in [0.717, 1.165) is 64.3 Å². The summed E-state index contributed by atoms with van der Waals surface area (Å²) in [6, 6.07) is 0. The third kappa shape index (κ3) is 3.77. The Bertz CT molecular complexity index is 411. The van der Waals surface area contributed by atoms with Crippen LogP contribution in [0, 0.1) is 0 Å². The summed E-state index contributed by atoms with van der Waals surface area (Å²) in [4.78, 5) is 4.84. The van der Waals surface area contributed by atoms with E-state index in [-0.39, 0.29) is 0 Å². The van der Waals surface area contributed by atoms with Gasteiger partial charge in [-0.2, -0.15) is 0 Å². The molecule has 112 valence electrons. The maximum Gasteiger partial charge on any atom is 0.230 e. The third-order valence-electron chi connectivity index (χ3n) is 3.99. The van der Waals surface area contributed by atoms with Crippen molar-refractivity contribution in [3.05, 3.63) is 11.8 Å². The van der Waals surface area contributed by atoms with Crippen molar-refractivity contribution in [3.8, 4) is 0 Å². The smallest absolute Gasteiger partial charge is 0.230 e. The minimum absolute atomic E-state index is 0.548. The molecule has 1 saturated heterocycles. The van der Waals surface area contributed by atoms with Crippen LogP contribution in [-0.4, -0.2) is 65.9 Å². The Hall–Kier alpha value is -0.980. The first kappa shape index (κ1) is 14.0. The summed E-state index contributed by atoms with van der Waals surface area (Å²) in [5.41, 5.74) is 0. The lowest BCUT2D eigenvalue weighted by Crippen LogP contribution is -2.46. The highest BCUT2D eigenvalue weighted by atomic mass is 16.5. The van der Waals surface area contributed by atoms with Gasteiger partial charge in [0.2, 0.25) is 11.8 Å². The highest BCUT2D eigenvalue weighted by molar-refractivity contribution is 5.00. The van der Waals surface area contributed by atoms with Crippen molar-refractivity contribution in [2.75, 3.05) is 45.9 Å².